The van der Waals surface area contributed by atoms with E-state index >= 15 is 0 Å². The Morgan fingerprint density at radius 2 is 2.30 bits per heavy atom. The van der Waals surface area contributed by atoms with Gasteiger partial charge in [-0.15, -0.1) is 0 Å². The molecule has 0 radical (unpaired) electrons. The van der Waals surface area contributed by atoms with Gasteiger partial charge in [-0.3, -0.25) is 0 Å². The zero-order valence-electron chi connectivity index (χ0n) is 13.3. The average molecular weight is 328 g/mol. The van der Waals surface area contributed by atoms with Crippen molar-refractivity contribution in [2.75, 3.05) is 16.8 Å². The molecule has 7 heteroatoms. The molecular weight excluding hydrogens is 308 g/mol. The number of hydrogen-bond donors (Lipinski definition) is 2. The molecule has 2 aromatic rings. The summed E-state index contributed by atoms with van der Waals surface area (Å²) in [4.78, 5) is 6.58. The Bertz CT molecular complexity index is 734. The van der Waals surface area contributed by atoms with E-state index in [9.17, 15) is 5.26 Å². The molecule has 1 aliphatic heterocycles. The first-order chi connectivity index (χ1) is 11.1. The van der Waals surface area contributed by atoms with E-state index < -0.39 is 0 Å². The third-order valence-corrected chi connectivity index (χ3v) is 5.04. The molecule has 3 heterocycles. The van der Waals surface area contributed by atoms with Gasteiger partial charge in [0.1, 0.15) is 11.1 Å². The highest BCUT2D eigenvalue weighted by molar-refractivity contribution is 7.10. The molecule has 3 N–H and O–H groups in total. The summed E-state index contributed by atoms with van der Waals surface area (Å²) < 4.78 is 4.25. The van der Waals surface area contributed by atoms with Gasteiger partial charge >= 0.3 is 0 Å². The molecule has 0 spiro atoms. The van der Waals surface area contributed by atoms with E-state index in [-0.39, 0.29) is 12.1 Å². The summed E-state index contributed by atoms with van der Waals surface area (Å²) >= 11 is 1.37. The molecule has 0 unspecified atom stereocenters. The molecule has 2 atom stereocenters. The molecular formula is C16H20N6S. The van der Waals surface area contributed by atoms with Crippen LogP contribution in [0.1, 0.15) is 31.2 Å². The number of nitrogens with zero attached hydrogens (tertiary/aromatic N) is 4. The second-order valence-electron chi connectivity index (χ2n) is 5.90. The van der Waals surface area contributed by atoms with Crippen LogP contribution in [-0.4, -0.2) is 28.0 Å². The minimum atomic E-state index is 0.167. The van der Waals surface area contributed by atoms with Crippen LogP contribution in [0.15, 0.2) is 18.3 Å². The van der Waals surface area contributed by atoms with Gasteiger partial charge in [-0.05, 0) is 50.4 Å². The predicted molar refractivity (Wildman–Crippen MR) is 93.1 cm³/mol. The minimum absolute atomic E-state index is 0.167. The molecule has 2 aromatic heterocycles. The van der Waals surface area contributed by atoms with E-state index in [0.717, 1.165) is 35.8 Å². The smallest absolute Gasteiger partial charge is 0.164 e. The normalized spacial score (nSPS) is 21.0. The Morgan fingerprint density at radius 1 is 1.48 bits per heavy atom. The Balaban J connectivity index is 1.91. The van der Waals surface area contributed by atoms with E-state index in [1.807, 2.05) is 19.1 Å². The number of hydrogen-bond acceptors (Lipinski definition) is 7. The molecule has 23 heavy (non-hydrogen) atoms. The van der Waals surface area contributed by atoms with Crippen LogP contribution < -0.4 is 16.0 Å². The molecule has 6 nitrogen and oxygen atoms in total. The second kappa shape index (κ2) is 6.52. The maximum absolute atomic E-state index is 9.30. The number of nitriles is 1. The first-order valence-corrected chi connectivity index (χ1v) is 8.48. The number of piperidine rings is 1. The lowest BCUT2D eigenvalue weighted by atomic mass is 9.98. The molecule has 0 saturated carbocycles. The fourth-order valence-electron chi connectivity index (χ4n) is 2.89. The van der Waals surface area contributed by atoms with Gasteiger partial charge in [-0.2, -0.15) is 9.64 Å². The van der Waals surface area contributed by atoms with Crippen LogP contribution in [-0.2, 0) is 0 Å². The number of nitrogens with one attached hydrogen (secondary N) is 1. The zero-order chi connectivity index (χ0) is 16.4. The van der Waals surface area contributed by atoms with Crippen LogP contribution in [0, 0.1) is 18.3 Å². The van der Waals surface area contributed by atoms with Crippen molar-refractivity contribution in [1.29, 1.82) is 5.26 Å². The van der Waals surface area contributed by atoms with Crippen molar-refractivity contribution < 1.29 is 0 Å². The van der Waals surface area contributed by atoms with Gasteiger partial charge in [0.2, 0.25) is 0 Å². The summed E-state index contributed by atoms with van der Waals surface area (Å²) in [7, 11) is 0. The van der Waals surface area contributed by atoms with Crippen LogP contribution in [0.2, 0.25) is 0 Å². The van der Waals surface area contributed by atoms with Crippen molar-refractivity contribution in [2.24, 2.45) is 5.73 Å². The topological polar surface area (TPSA) is 90.9 Å². The lowest BCUT2D eigenvalue weighted by molar-refractivity contribution is 0.420. The van der Waals surface area contributed by atoms with Gasteiger partial charge in [0.05, 0.1) is 23.3 Å². The van der Waals surface area contributed by atoms with Crippen molar-refractivity contribution in [3.63, 3.8) is 0 Å². The SMILES string of the molecule is Cc1cc(Nc2cc(N3CCC[C@@H](N)[C@H]3C)cnc2C#N)sn1. The summed E-state index contributed by atoms with van der Waals surface area (Å²) in [6, 6.07) is 6.51. The van der Waals surface area contributed by atoms with Gasteiger partial charge in [-0.25, -0.2) is 4.98 Å². The minimum Gasteiger partial charge on any atom is -0.366 e. The van der Waals surface area contributed by atoms with E-state index in [1.165, 1.54) is 11.5 Å². The van der Waals surface area contributed by atoms with E-state index in [2.05, 4.69) is 32.6 Å². The van der Waals surface area contributed by atoms with Crippen LogP contribution in [0.4, 0.5) is 16.4 Å². The third kappa shape index (κ3) is 3.28. The highest BCUT2D eigenvalue weighted by atomic mass is 32.1. The number of aryl methyl sites for hydroxylation is 1. The highest BCUT2D eigenvalue weighted by Crippen LogP contribution is 2.29. The van der Waals surface area contributed by atoms with E-state index in [0.29, 0.717) is 11.4 Å². The summed E-state index contributed by atoms with van der Waals surface area (Å²) in [5.41, 5.74) is 9.23. The molecule has 1 aliphatic rings. The molecule has 0 aromatic carbocycles. The highest BCUT2D eigenvalue weighted by Gasteiger charge is 2.26. The molecule has 1 saturated heterocycles. The van der Waals surface area contributed by atoms with Crippen LogP contribution in [0.25, 0.3) is 0 Å². The standard InChI is InChI=1S/C16H20N6S/c1-10-6-16(23-21-10)20-14-7-12(9-19-15(14)8-17)22-5-3-4-13(18)11(22)2/h6-7,9,11,13,20H,3-5,18H2,1-2H3/t11-,13-/m1/s1. The van der Waals surface area contributed by atoms with Crippen LogP contribution >= 0.6 is 11.5 Å². The Hall–Kier alpha value is -2.17. The van der Waals surface area contributed by atoms with Crippen molar-refractivity contribution >= 4 is 27.9 Å². The van der Waals surface area contributed by atoms with Gasteiger partial charge in [0, 0.05) is 18.6 Å². The van der Waals surface area contributed by atoms with Crippen molar-refractivity contribution in [2.45, 2.75) is 38.8 Å². The fraction of sp³-hybridized carbons (Fsp3) is 0.438. The number of anilines is 3. The van der Waals surface area contributed by atoms with Crippen molar-refractivity contribution in [3.8, 4) is 6.07 Å². The fourth-order valence-corrected chi connectivity index (χ4v) is 3.56. The Morgan fingerprint density at radius 3 is 3.00 bits per heavy atom. The lowest BCUT2D eigenvalue weighted by Gasteiger charge is -2.39. The summed E-state index contributed by atoms with van der Waals surface area (Å²) in [6.07, 6.45) is 3.88. The van der Waals surface area contributed by atoms with Crippen LogP contribution in [0.3, 0.4) is 0 Å². The Kier molecular flexibility index (Phi) is 4.46. The first kappa shape index (κ1) is 15.7. The van der Waals surface area contributed by atoms with Gasteiger partial charge in [0.25, 0.3) is 0 Å². The molecule has 0 aliphatic carbocycles. The number of rotatable bonds is 3. The van der Waals surface area contributed by atoms with E-state index in [4.69, 9.17) is 5.73 Å². The van der Waals surface area contributed by atoms with E-state index in [1.54, 1.807) is 6.20 Å². The third-order valence-electron chi connectivity index (χ3n) is 4.24. The van der Waals surface area contributed by atoms with Crippen molar-refractivity contribution in [1.82, 2.24) is 9.36 Å². The largest absolute Gasteiger partial charge is 0.366 e. The number of nitrogens with two attached hydrogens (primary N) is 1. The maximum atomic E-state index is 9.30. The number of aromatic nitrogens is 2. The Labute approximate surface area is 140 Å². The van der Waals surface area contributed by atoms with Gasteiger partial charge in [-0.1, -0.05) is 0 Å². The summed E-state index contributed by atoms with van der Waals surface area (Å²) in [5.74, 6) is 0. The molecule has 0 bridgehead atoms. The molecule has 3 rings (SSSR count). The summed E-state index contributed by atoms with van der Waals surface area (Å²) in [5, 5.41) is 13.5. The lowest BCUT2D eigenvalue weighted by Crippen LogP contribution is -2.50. The van der Waals surface area contributed by atoms with Crippen molar-refractivity contribution in [3.05, 3.63) is 29.7 Å². The second-order valence-corrected chi connectivity index (χ2v) is 6.70. The first-order valence-electron chi connectivity index (χ1n) is 7.71. The quantitative estimate of drug-likeness (QED) is 0.900. The molecule has 0 amide bonds. The zero-order valence-corrected chi connectivity index (χ0v) is 14.1. The predicted octanol–water partition coefficient (Wildman–Crippen LogP) is 2.78. The monoisotopic (exact) mass is 328 g/mol. The molecule has 120 valence electrons. The van der Waals surface area contributed by atoms with Crippen LogP contribution in [0.5, 0.6) is 0 Å². The summed E-state index contributed by atoms with van der Waals surface area (Å²) in [6.45, 7) is 5.04. The maximum Gasteiger partial charge on any atom is 0.164 e. The average Bonchev–Trinajstić information content (AvgIpc) is 2.95. The van der Waals surface area contributed by atoms with Gasteiger partial charge in [0.15, 0.2) is 5.69 Å². The number of pyridine rings is 1. The molecule has 1 fully saturated rings. The van der Waals surface area contributed by atoms with Gasteiger partial charge < -0.3 is 16.0 Å².